The van der Waals surface area contributed by atoms with Crippen LogP contribution in [0.2, 0.25) is 5.02 Å². The molecule has 0 radical (unpaired) electrons. The summed E-state index contributed by atoms with van der Waals surface area (Å²) in [5.41, 5.74) is 1.25. The van der Waals surface area contributed by atoms with Crippen molar-refractivity contribution in [3.8, 4) is 11.5 Å². The summed E-state index contributed by atoms with van der Waals surface area (Å²) in [6, 6.07) is 8.07. The van der Waals surface area contributed by atoms with Crippen LogP contribution < -0.4 is 20.1 Å². The fraction of sp³-hybridized carbons (Fsp3) is 0.176. The highest BCUT2D eigenvalue weighted by Crippen LogP contribution is 2.34. The minimum absolute atomic E-state index is 0.232. The maximum absolute atomic E-state index is 12.6. The second kappa shape index (κ2) is 8.22. The van der Waals surface area contributed by atoms with Gasteiger partial charge in [0.25, 0.3) is 5.91 Å². The van der Waals surface area contributed by atoms with Gasteiger partial charge in [0.1, 0.15) is 11.5 Å². The van der Waals surface area contributed by atoms with E-state index in [0.29, 0.717) is 37.9 Å². The van der Waals surface area contributed by atoms with E-state index in [1.807, 2.05) is 0 Å². The van der Waals surface area contributed by atoms with Gasteiger partial charge >= 0.3 is 0 Å². The predicted octanol–water partition coefficient (Wildman–Crippen LogP) is 4.33. The first-order valence-corrected chi connectivity index (χ1v) is 8.32. The van der Waals surface area contributed by atoms with Crippen molar-refractivity contribution in [1.82, 2.24) is 0 Å². The number of benzene rings is 2. The third-order valence-corrected chi connectivity index (χ3v) is 4.14. The summed E-state index contributed by atoms with van der Waals surface area (Å²) >= 11 is 9.47. The van der Waals surface area contributed by atoms with Crippen LogP contribution in [0.25, 0.3) is 0 Å². The quantitative estimate of drug-likeness (QED) is 0.744. The summed E-state index contributed by atoms with van der Waals surface area (Å²) in [7, 11) is 2.99. The van der Waals surface area contributed by atoms with Gasteiger partial charge in [-0.05, 0) is 46.3 Å². The van der Waals surface area contributed by atoms with Crippen molar-refractivity contribution >= 4 is 50.7 Å². The number of rotatable bonds is 5. The standard InChI is InChI=1S/C17H16BrClN2O4/c1-9(22)20-15-5-4-10(6-14(15)19)21-17(23)12-7-11(24-2)8-13(18)16(12)25-3/h4-8H,1-3H3,(H,20,22)(H,21,23). The summed E-state index contributed by atoms with van der Waals surface area (Å²) in [5.74, 6) is 0.278. The van der Waals surface area contributed by atoms with Crippen LogP contribution in [-0.2, 0) is 4.79 Å². The fourth-order valence-corrected chi connectivity index (χ4v) is 2.97. The van der Waals surface area contributed by atoms with E-state index in [1.165, 1.54) is 21.1 Å². The van der Waals surface area contributed by atoms with Crippen LogP contribution in [-0.4, -0.2) is 26.0 Å². The van der Waals surface area contributed by atoms with Gasteiger partial charge in [-0.15, -0.1) is 0 Å². The molecule has 8 heteroatoms. The number of anilines is 2. The average molecular weight is 428 g/mol. The van der Waals surface area contributed by atoms with Crippen LogP contribution in [0, 0.1) is 0 Å². The van der Waals surface area contributed by atoms with Crippen molar-refractivity contribution < 1.29 is 19.1 Å². The van der Waals surface area contributed by atoms with Gasteiger partial charge in [0, 0.05) is 12.6 Å². The molecule has 0 atom stereocenters. The van der Waals surface area contributed by atoms with Gasteiger partial charge in [0.15, 0.2) is 0 Å². The number of carbonyl (C=O) groups excluding carboxylic acids is 2. The number of methoxy groups -OCH3 is 2. The molecule has 0 saturated heterocycles. The molecule has 0 heterocycles. The number of halogens is 2. The molecule has 2 aromatic carbocycles. The number of hydrogen-bond donors (Lipinski definition) is 2. The van der Waals surface area contributed by atoms with Gasteiger partial charge < -0.3 is 20.1 Å². The molecule has 0 unspecified atom stereocenters. The van der Waals surface area contributed by atoms with Crippen LogP contribution in [0.4, 0.5) is 11.4 Å². The van der Waals surface area contributed by atoms with Crippen LogP contribution in [0.5, 0.6) is 11.5 Å². The Bertz CT molecular complexity index is 827. The zero-order chi connectivity index (χ0) is 18.6. The van der Waals surface area contributed by atoms with Crippen LogP contribution in [0.3, 0.4) is 0 Å². The van der Waals surface area contributed by atoms with Crippen molar-refractivity contribution in [3.63, 3.8) is 0 Å². The Kier molecular flexibility index (Phi) is 6.27. The van der Waals surface area contributed by atoms with Crippen molar-refractivity contribution in [2.75, 3.05) is 24.9 Å². The van der Waals surface area contributed by atoms with E-state index in [0.717, 1.165) is 0 Å². The topological polar surface area (TPSA) is 76.7 Å². The van der Waals surface area contributed by atoms with Gasteiger partial charge in [0.2, 0.25) is 5.91 Å². The Morgan fingerprint density at radius 2 is 1.80 bits per heavy atom. The molecule has 2 N–H and O–H groups in total. The average Bonchev–Trinajstić information content (AvgIpc) is 2.56. The summed E-state index contributed by atoms with van der Waals surface area (Å²) < 4.78 is 11.1. The molecular formula is C17H16BrClN2O4. The lowest BCUT2D eigenvalue weighted by Crippen LogP contribution is -2.14. The lowest BCUT2D eigenvalue weighted by atomic mass is 10.1. The third-order valence-electron chi connectivity index (χ3n) is 3.24. The normalized spacial score (nSPS) is 10.1. The first kappa shape index (κ1) is 19.1. The molecule has 6 nitrogen and oxygen atoms in total. The van der Waals surface area contributed by atoms with Gasteiger partial charge in [-0.1, -0.05) is 11.6 Å². The number of hydrogen-bond acceptors (Lipinski definition) is 4. The highest BCUT2D eigenvalue weighted by molar-refractivity contribution is 9.10. The molecule has 0 aromatic heterocycles. The molecule has 0 spiro atoms. The molecule has 0 aliphatic carbocycles. The Morgan fingerprint density at radius 3 is 2.36 bits per heavy atom. The molecule has 0 bridgehead atoms. The van der Waals surface area contributed by atoms with E-state index < -0.39 is 0 Å². The van der Waals surface area contributed by atoms with Gasteiger partial charge in [0.05, 0.1) is 35.0 Å². The molecule has 132 valence electrons. The molecule has 0 aliphatic heterocycles. The summed E-state index contributed by atoms with van der Waals surface area (Å²) in [6.45, 7) is 1.39. The third kappa shape index (κ3) is 4.64. The molecule has 2 amide bonds. The Balaban J connectivity index is 2.29. The molecule has 25 heavy (non-hydrogen) atoms. The lowest BCUT2D eigenvalue weighted by Gasteiger charge is -2.13. The van der Waals surface area contributed by atoms with Crippen molar-refractivity contribution in [2.45, 2.75) is 6.92 Å². The molecular weight excluding hydrogens is 412 g/mol. The first-order chi connectivity index (χ1) is 11.8. The minimum atomic E-state index is -0.389. The van der Waals surface area contributed by atoms with Gasteiger partial charge in [-0.25, -0.2) is 0 Å². The zero-order valence-electron chi connectivity index (χ0n) is 13.8. The number of nitrogens with one attached hydrogen (secondary N) is 2. The first-order valence-electron chi connectivity index (χ1n) is 7.15. The molecule has 2 rings (SSSR count). The number of carbonyl (C=O) groups is 2. The highest BCUT2D eigenvalue weighted by atomic mass is 79.9. The van der Waals surface area contributed by atoms with E-state index in [1.54, 1.807) is 30.3 Å². The van der Waals surface area contributed by atoms with Crippen LogP contribution >= 0.6 is 27.5 Å². The van der Waals surface area contributed by atoms with Gasteiger partial charge in [-0.3, -0.25) is 9.59 Å². The highest BCUT2D eigenvalue weighted by Gasteiger charge is 2.18. The predicted molar refractivity (Wildman–Crippen MR) is 101 cm³/mol. The second-order valence-corrected chi connectivity index (χ2v) is 6.28. The monoisotopic (exact) mass is 426 g/mol. The maximum atomic E-state index is 12.6. The number of ether oxygens (including phenoxy) is 2. The zero-order valence-corrected chi connectivity index (χ0v) is 16.1. The molecule has 0 saturated carbocycles. The van der Waals surface area contributed by atoms with Gasteiger partial charge in [-0.2, -0.15) is 0 Å². The number of amides is 2. The van der Waals surface area contributed by atoms with Crippen molar-refractivity contribution in [1.29, 1.82) is 0 Å². The molecule has 0 aliphatic rings. The Hall–Kier alpha value is -2.25. The summed E-state index contributed by atoms with van der Waals surface area (Å²) in [5, 5.41) is 5.65. The SMILES string of the molecule is COc1cc(Br)c(OC)c(C(=O)Nc2ccc(NC(C)=O)c(Cl)c2)c1. The smallest absolute Gasteiger partial charge is 0.259 e. The largest absolute Gasteiger partial charge is 0.497 e. The van der Waals surface area contributed by atoms with E-state index in [-0.39, 0.29) is 11.8 Å². The molecule has 0 fully saturated rings. The van der Waals surface area contributed by atoms with Crippen LogP contribution in [0.1, 0.15) is 17.3 Å². The minimum Gasteiger partial charge on any atom is -0.497 e. The van der Waals surface area contributed by atoms with Crippen molar-refractivity contribution in [3.05, 3.63) is 45.4 Å². The van der Waals surface area contributed by atoms with Crippen molar-refractivity contribution in [2.24, 2.45) is 0 Å². The Morgan fingerprint density at radius 1 is 1.08 bits per heavy atom. The molecule has 2 aromatic rings. The maximum Gasteiger partial charge on any atom is 0.259 e. The second-order valence-electron chi connectivity index (χ2n) is 5.02. The summed E-state index contributed by atoms with van der Waals surface area (Å²) in [4.78, 5) is 23.7. The van der Waals surface area contributed by atoms with E-state index in [4.69, 9.17) is 21.1 Å². The summed E-state index contributed by atoms with van der Waals surface area (Å²) in [6.07, 6.45) is 0. The van der Waals surface area contributed by atoms with E-state index >= 15 is 0 Å². The van der Waals surface area contributed by atoms with E-state index in [9.17, 15) is 9.59 Å². The fourth-order valence-electron chi connectivity index (χ4n) is 2.14. The lowest BCUT2D eigenvalue weighted by molar-refractivity contribution is -0.114. The van der Waals surface area contributed by atoms with Crippen LogP contribution in [0.15, 0.2) is 34.8 Å². The van der Waals surface area contributed by atoms with E-state index in [2.05, 4.69) is 26.6 Å². The Labute approximate surface area is 158 Å².